The molecule has 1 fully saturated rings. The molecule has 0 amide bonds. The molecule has 1 aliphatic rings. The van der Waals surface area contributed by atoms with Gasteiger partial charge < -0.3 is 5.32 Å². The summed E-state index contributed by atoms with van der Waals surface area (Å²) in [5.41, 5.74) is 3.61. The van der Waals surface area contributed by atoms with Crippen LogP contribution < -0.4 is 5.32 Å². The fourth-order valence-corrected chi connectivity index (χ4v) is 2.26. The third kappa shape index (κ3) is 2.60. The fourth-order valence-electron chi connectivity index (χ4n) is 2.26. The van der Waals surface area contributed by atoms with Crippen LogP contribution in [0.25, 0.3) is 11.4 Å². The molecule has 1 aromatic carbocycles. The molecule has 1 N–H and O–H groups in total. The van der Waals surface area contributed by atoms with Crippen molar-refractivity contribution in [2.45, 2.75) is 32.1 Å². The predicted octanol–water partition coefficient (Wildman–Crippen LogP) is 3.63. The quantitative estimate of drug-likeness (QED) is 0.904. The van der Waals surface area contributed by atoms with Crippen molar-refractivity contribution >= 4 is 5.82 Å². The molecule has 0 unspecified atom stereocenters. The Bertz CT molecular complexity index is 549. The van der Waals surface area contributed by atoms with E-state index < -0.39 is 0 Å². The summed E-state index contributed by atoms with van der Waals surface area (Å²) in [7, 11) is 1.89. The van der Waals surface area contributed by atoms with Gasteiger partial charge in [-0.05, 0) is 30.7 Å². The lowest BCUT2D eigenvalue weighted by Crippen LogP contribution is -2.00. The highest BCUT2D eigenvalue weighted by molar-refractivity contribution is 5.58. The first-order chi connectivity index (χ1) is 9.30. The number of anilines is 1. The van der Waals surface area contributed by atoms with E-state index in [1.807, 2.05) is 13.1 Å². The highest BCUT2D eigenvalue weighted by atomic mass is 15.0. The topological polar surface area (TPSA) is 37.8 Å². The van der Waals surface area contributed by atoms with Crippen LogP contribution in [0.4, 0.5) is 5.82 Å². The van der Waals surface area contributed by atoms with Gasteiger partial charge >= 0.3 is 0 Å². The lowest BCUT2D eigenvalue weighted by molar-refractivity contribution is 1.00. The predicted molar refractivity (Wildman–Crippen MR) is 78.4 cm³/mol. The second-order valence-corrected chi connectivity index (χ2v) is 5.07. The maximum atomic E-state index is 4.61. The Hall–Kier alpha value is -1.90. The van der Waals surface area contributed by atoms with Crippen LogP contribution in [0.15, 0.2) is 30.3 Å². The summed E-state index contributed by atoms with van der Waals surface area (Å²) in [5.74, 6) is 2.49. The van der Waals surface area contributed by atoms with Gasteiger partial charge in [-0.25, -0.2) is 9.97 Å². The Morgan fingerprint density at radius 1 is 1.16 bits per heavy atom. The van der Waals surface area contributed by atoms with Crippen LogP contribution >= 0.6 is 0 Å². The third-order valence-electron chi connectivity index (χ3n) is 3.62. The van der Waals surface area contributed by atoms with Crippen molar-refractivity contribution in [1.29, 1.82) is 0 Å². The SMILES string of the molecule is CCc1cc(NC)nc(-c2ccc(C3CC3)cc2)n1. The van der Waals surface area contributed by atoms with E-state index in [9.17, 15) is 0 Å². The third-order valence-corrected chi connectivity index (χ3v) is 3.62. The van der Waals surface area contributed by atoms with Crippen LogP contribution in [0, 0.1) is 0 Å². The molecular formula is C16H19N3. The number of aromatic nitrogens is 2. The number of hydrogen-bond acceptors (Lipinski definition) is 3. The summed E-state index contributed by atoms with van der Waals surface area (Å²) in [6, 6.07) is 10.7. The fraction of sp³-hybridized carbons (Fsp3) is 0.375. The van der Waals surface area contributed by atoms with Crippen molar-refractivity contribution in [3.63, 3.8) is 0 Å². The van der Waals surface area contributed by atoms with Gasteiger partial charge in [0, 0.05) is 24.4 Å². The zero-order chi connectivity index (χ0) is 13.2. The monoisotopic (exact) mass is 253 g/mol. The molecule has 19 heavy (non-hydrogen) atoms. The van der Waals surface area contributed by atoms with E-state index >= 15 is 0 Å². The van der Waals surface area contributed by atoms with Crippen LogP contribution in [0.5, 0.6) is 0 Å². The molecule has 1 heterocycles. The molecule has 0 atom stereocenters. The van der Waals surface area contributed by atoms with E-state index in [1.165, 1.54) is 18.4 Å². The Balaban J connectivity index is 1.95. The summed E-state index contributed by atoms with van der Waals surface area (Å²) in [5, 5.41) is 3.10. The first-order valence-corrected chi connectivity index (χ1v) is 6.96. The van der Waals surface area contributed by atoms with Crippen LogP contribution in [0.1, 0.15) is 36.9 Å². The Morgan fingerprint density at radius 2 is 1.89 bits per heavy atom. The molecule has 1 aromatic heterocycles. The van der Waals surface area contributed by atoms with E-state index in [1.54, 1.807) is 0 Å². The number of hydrogen-bond donors (Lipinski definition) is 1. The molecule has 3 nitrogen and oxygen atoms in total. The summed E-state index contributed by atoms with van der Waals surface area (Å²) in [6.07, 6.45) is 3.60. The van der Waals surface area contributed by atoms with Crippen molar-refractivity contribution < 1.29 is 0 Å². The second-order valence-electron chi connectivity index (χ2n) is 5.07. The standard InChI is InChI=1S/C16H19N3/c1-3-14-10-15(17-2)19-16(18-14)13-8-6-12(7-9-13)11-4-5-11/h6-11H,3-5H2,1-2H3,(H,17,18,19). The minimum Gasteiger partial charge on any atom is -0.373 e. The second kappa shape index (κ2) is 5.00. The van der Waals surface area contributed by atoms with Crippen molar-refractivity contribution in [3.05, 3.63) is 41.6 Å². The van der Waals surface area contributed by atoms with Crippen LogP contribution in [-0.4, -0.2) is 17.0 Å². The van der Waals surface area contributed by atoms with Gasteiger partial charge in [-0.1, -0.05) is 31.2 Å². The van der Waals surface area contributed by atoms with E-state index in [4.69, 9.17) is 0 Å². The molecule has 0 radical (unpaired) electrons. The minimum absolute atomic E-state index is 0.796. The van der Waals surface area contributed by atoms with Gasteiger partial charge in [-0.2, -0.15) is 0 Å². The average Bonchev–Trinajstić information content (AvgIpc) is 3.31. The summed E-state index contributed by atoms with van der Waals surface area (Å²) < 4.78 is 0. The van der Waals surface area contributed by atoms with Crippen molar-refractivity contribution in [3.8, 4) is 11.4 Å². The van der Waals surface area contributed by atoms with E-state index in [-0.39, 0.29) is 0 Å². The molecule has 3 heteroatoms. The summed E-state index contributed by atoms with van der Waals surface area (Å²) >= 11 is 0. The molecule has 0 bridgehead atoms. The highest BCUT2D eigenvalue weighted by Gasteiger charge is 2.23. The molecule has 98 valence electrons. The Kier molecular flexibility index (Phi) is 3.20. The lowest BCUT2D eigenvalue weighted by Gasteiger charge is -2.07. The van der Waals surface area contributed by atoms with E-state index in [0.29, 0.717) is 0 Å². The maximum Gasteiger partial charge on any atom is 0.161 e. The lowest BCUT2D eigenvalue weighted by atomic mass is 10.1. The van der Waals surface area contributed by atoms with Crippen LogP contribution in [0.3, 0.4) is 0 Å². The van der Waals surface area contributed by atoms with Crippen LogP contribution in [0.2, 0.25) is 0 Å². The zero-order valence-corrected chi connectivity index (χ0v) is 11.5. The molecule has 2 aromatic rings. The normalized spacial score (nSPS) is 14.4. The number of aryl methyl sites for hydroxylation is 1. The van der Waals surface area contributed by atoms with Gasteiger partial charge in [0.25, 0.3) is 0 Å². The largest absolute Gasteiger partial charge is 0.373 e. The smallest absolute Gasteiger partial charge is 0.161 e. The highest BCUT2D eigenvalue weighted by Crippen LogP contribution is 2.40. The summed E-state index contributed by atoms with van der Waals surface area (Å²) in [4.78, 5) is 9.15. The van der Waals surface area contributed by atoms with E-state index in [2.05, 4.69) is 46.5 Å². The van der Waals surface area contributed by atoms with Gasteiger partial charge in [-0.3, -0.25) is 0 Å². The molecular weight excluding hydrogens is 234 g/mol. The summed E-state index contributed by atoms with van der Waals surface area (Å²) in [6.45, 7) is 2.11. The minimum atomic E-state index is 0.796. The maximum absolute atomic E-state index is 4.61. The molecule has 3 rings (SSSR count). The van der Waals surface area contributed by atoms with Gasteiger partial charge in [0.15, 0.2) is 5.82 Å². The molecule has 0 aliphatic heterocycles. The van der Waals surface area contributed by atoms with Gasteiger partial charge in [-0.15, -0.1) is 0 Å². The molecule has 1 aliphatic carbocycles. The van der Waals surface area contributed by atoms with E-state index in [0.717, 1.165) is 35.2 Å². The van der Waals surface area contributed by atoms with Crippen molar-refractivity contribution in [2.75, 3.05) is 12.4 Å². The first-order valence-electron chi connectivity index (χ1n) is 6.96. The number of nitrogens with zero attached hydrogens (tertiary/aromatic N) is 2. The first kappa shape index (κ1) is 12.2. The zero-order valence-electron chi connectivity index (χ0n) is 11.5. The van der Waals surface area contributed by atoms with Crippen molar-refractivity contribution in [2.24, 2.45) is 0 Å². The Labute approximate surface area is 114 Å². The number of benzene rings is 1. The average molecular weight is 253 g/mol. The number of nitrogens with one attached hydrogen (secondary N) is 1. The van der Waals surface area contributed by atoms with Gasteiger partial charge in [0.05, 0.1) is 0 Å². The Morgan fingerprint density at radius 3 is 2.47 bits per heavy atom. The van der Waals surface area contributed by atoms with Gasteiger partial charge in [0.2, 0.25) is 0 Å². The van der Waals surface area contributed by atoms with Crippen LogP contribution in [-0.2, 0) is 6.42 Å². The molecule has 1 saturated carbocycles. The molecule has 0 saturated heterocycles. The molecule has 0 spiro atoms. The number of rotatable bonds is 4. The van der Waals surface area contributed by atoms with Crippen molar-refractivity contribution in [1.82, 2.24) is 9.97 Å². The van der Waals surface area contributed by atoms with Gasteiger partial charge in [0.1, 0.15) is 5.82 Å².